The molecule has 8 nitrogen and oxygen atoms in total. The highest BCUT2D eigenvalue weighted by Crippen LogP contribution is 2.39. The maximum absolute atomic E-state index is 7.57. The number of benzene rings is 12. The van der Waals surface area contributed by atoms with Crippen LogP contribution in [0.1, 0.15) is 40.6 Å². The van der Waals surface area contributed by atoms with Crippen molar-refractivity contribution in [2.75, 3.05) is 0 Å². The van der Waals surface area contributed by atoms with Crippen molar-refractivity contribution in [1.29, 1.82) is 0 Å². The summed E-state index contributed by atoms with van der Waals surface area (Å²) in [5.74, 6) is 0. The molecule has 0 radical (unpaired) electrons. The minimum absolute atomic E-state index is 0.294. The third kappa shape index (κ3) is 10.5. The first-order chi connectivity index (χ1) is 51.4. The highest BCUT2D eigenvalue weighted by molar-refractivity contribution is 6.28. The van der Waals surface area contributed by atoms with Gasteiger partial charge in [-0.05, 0) is 169 Å². The van der Waals surface area contributed by atoms with Gasteiger partial charge in [0.1, 0.15) is 0 Å². The monoisotopic (exact) mass is 1230 g/mol. The van der Waals surface area contributed by atoms with Gasteiger partial charge < -0.3 is 0 Å². The lowest BCUT2D eigenvalue weighted by Gasteiger charge is -2.09. The van der Waals surface area contributed by atoms with Crippen LogP contribution >= 0.6 is 0 Å². The second-order valence-electron chi connectivity index (χ2n) is 23.8. The Morgan fingerprint density at radius 3 is 0.747 bits per heavy atom. The molecule has 0 atom stereocenters. The van der Waals surface area contributed by atoms with Crippen molar-refractivity contribution >= 4 is 162 Å². The maximum Gasteiger partial charge on any atom is 0.0787 e. The van der Waals surface area contributed by atoms with Gasteiger partial charge in [-0.3, -0.25) is 39.9 Å². The van der Waals surface area contributed by atoms with E-state index in [-0.39, 0.29) is 0 Å². The quantitative estimate of drug-likeness (QED) is 0.138. The lowest BCUT2D eigenvalue weighted by molar-refractivity contribution is 1.35. The first kappa shape index (κ1) is 50.4. The molecule has 0 spiro atoms. The summed E-state index contributed by atoms with van der Waals surface area (Å²) >= 11 is 0. The molecule has 20 rings (SSSR count). The van der Waals surface area contributed by atoms with Crippen LogP contribution in [0.3, 0.4) is 0 Å². The summed E-state index contributed by atoms with van der Waals surface area (Å²) in [5, 5.41) is 31.7. The van der Waals surface area contributed by atoms with Crippen molar-refractivity contribution < 1.29 is 12.8 Å². The fraction of sp³-hybridized carbons (Fsp3) is 0.0575. The molecule has 0 aliphatic heterocycles. The van der Waals surface area contributed by atoms with E-state index in [9.17, 15) is 0 Å². The maximum atomic E-state index is 7.57. The number of pyridine rings is 8. The SMILES string of the molecule is [2H]Cc1ccc2c(c1)c1cnccc1c1ncccc21.[2H]Cc1ccc2c3ccccc3c3ncccc3c2c1.[2H]Cc1ccc2c3ccccc3c3ncccc3c2c1.[2H]Cc1ccc2c3ccncc3c3ccncc3c2c1.[2H]Cc1ccc2c3ccncc3c3cnccc3c2c1.[2H][2H].[2H][2H]. The number of hydrogen-bond donors (Lipinski definition) is 0. The summed E-state index contributed by atoms with van der Waals surface area (Å²) in [5.41, 5.74) is 8.24. The second-order valence-corrected chi connectivity index (χ2v) is 23.8. The van der Waals surface area contributed by atoms with Gasteiger partial charge in [-0.15, -0.1) is 0 Å². The highest BCUT2D eigenvalue weighted by Gasteiger charge is 2.14. The molecule has 454 valence electrons. The van der Waals surface area contributed by atoms with Crippen molar-refractivity contribution in [1.82, 2.24) is 39.9 Å². The van der Waals surface area contributed by atoms with Crippen molar-refractivity contribution in [3.63, 3.8) is 0 Å². The van der Waals surface area contributed by atoms with Crippen LogP contribution in [-0.4, -0.2) is 39.9 Å². The van der Waals surface area contributed by atoms with Gasteiger partial charge in [0.05, 0.1) is 16.6 Å². The van der Waals surface area contributed by atoms with Crippen LogP contribution < -0.4 is 0 Å². The van der Waals surface area contributed by atoms with Gasteiger partial charge in [-0.1, -0.05) is 186 Å². The average molecular weight is 1230 g/mol. The van der Waals surface area contributed by atoms with Gasteiger partial charge in [0.15, 0.2) is 0 Å². The first-order valence-corrected chi connectivity index (χ1v) is 31.3. The van der Waals surface area contributed by atoms with Crippen LogP contribution in [0.25, 0.3) is 162 Å². The normalized spacial score (nSPS) is 12.3. The topological polar surface area (TPSA) is 103 Å². The Morgan fingerprint density at radius 2 is 0.400 bits per heavy atom. The number of fused-ring (bicyclic) bond motifs is 30. The van der Waals surface area contributed by atoms with E-state index < -0.39 is 0 Å². The van der Waals surface area contributed by atoms with Crippen molar-refractivity contribution in [2.45, 2.75) is 34.5 Å². The van der Waals surface area contributed by atoms with E-state index in [0.717, 1.165) is 109 Å². The van der Waals surface area contributed by atoms with Gasteiger partial charge in [-0.2, -0.15) is 0 Å². The van der Waals surface area contributed by atoms with E-state index in [0.29, 0.717) is 34.5 Å². The van der Waals surface area contributed by atoms with Crippen LogP contribution in [-0.2, 0) is 0 Å². The molecule has 0 saturated heterocycles. The van der Waals surface area contributed by atoms with Crippen LogP contribution in [0, 0.1) is 34.5 Å². The number of aryl methyl sites for hydroxylation is 5. The summed E-state index contributed by atoms with van der Waals surface area (Å²) in [6.07, 6.45) is 24.1. The van der Waals surface area contributed by atoms with E-state index in [1.54, 1.807) is 6.20 Å². The molecule has 0 unspecified atom stereocenters. The molecular weight excluding hydrogens is 1160 g/mol. The predicted octanol–water partition coefficient (Wildman–Crippen LogP) is 22.9. The van der Waals surface area contributed by atoms with E-state index >= 15 is 0 Å². The Bertz CT molecular complexity index is 5490. The Hall–Kier alpha value is -12.3. The molecule has 0 bridgehead atoms. The Balaban J connectivity index is 0.000000108. The van der Waals surface area contributed by atoms with Crippen LogP contribution in [0.2, 0.25) is 0 Å². The third-order valence-corrected chi connectivity index (χ3v) is 18.0. The lowest BCUT2D eigenvalue weighted by Crippen LogP contribution is -1.86. The molecule has 0 N–H and O–H groups in total. The lowest BCUT2D eigenvalue weighted by atomic mass is 9.96. The minimum Gasteiger partial charge on any atom is -0.264 e. The van der Waals surface area contributed by atoms with Crippen LogP contribution in [0.15, 0.2) is 287 Å². The van der Waals surface area contributed by atoms with E-state index in [1.165, 1.54) is 80.8 Å². The van der Waals surface area contributed by atoms with Gasteiger partial charge in [0.2, 0.25) is 0 Å². The zero-order valence-corrected chi connectivity index (χ0v) is 51.7. The summed E-state index contributed by atoms with van der Waals surface area (Å²) < 4.78 is 57.8. The number of rotatable bonds is 0. The van der Waals surface area contributed by atoms with E-state index in [4.69, 9.17) is 12.8 Å². The molecule has 8 heterocycles. The number of aromatic nitrogens is 8. The molecular formula is C87H66N8. The molecule has 12 aromatic carbocycles. The smallest absolute Gasteiger partial charge is 0.0787 e. The summed E-state index contributed by atoms with van der Waals surface area (Å²) in [4.78, 5) is 34.9. The highest BCUT2D eigenvalue weighted by atomic mass is 14.7. The van der Waals surface area contributed by atoms with E-state index in [2.05, 4.69) is 173 Å². The summed E-state index contributed by atoms with van der Waals surface area (Å²) in [6.45, 7) is 1.51. The van der Waals surface area contributed by atoms with Crippen molar-refractivity contribution in [2.24, 2.45) is 0 Å². The van der Waals surface area contributed by atoms with Gasteiger partial charge in [0, 0.05) is 153 Å². The molecule has 0 aliphatic rings. The fourth-order valence-electron chi connectivity index (χ4n) is 13.8. The van der Waals surface area contributed by atoms with Gasteiger partial charge in [-0.25, -0.2) is 0 Å². The van der Waals surface area contributed by atoms with Crippen molar-refractivity contribution in [3.05, 3.63) is 315 Å². The van der Waals surface area contributed by atoms with E-state index in [1.807, 2.05) is 147 Å². The average Bonchev–Trinajstić information content (AvgIpc) is 0.780. The van der Waals surface area contributed by atoms with Crippen LogP contribution in [0.5, 0.6) is 0 Å². The predicted molar refractivity (Wildman–Crippen MR) is 405 cm³/mol. The molecule has 0 aliphatic carbocycles. The molecule has 8 heteroatoms. The first-order valence-electron chi connectivity index (χ1n) is 36.8. The largest absolute Gasteiger partial charge is 0.264 e. The van der Waals surface area contributed by atoms with Gasteiger partial charge in [0.25, 0.3) is 0 Å². The minimum atomic E-state index is 0.294. The third-order valence-electron chi connectivity index (χ3n) is 18.0. The number of hydrogen-bond acceptors (Lipinski definition) is 8. The zero-order valence-electron chi connectivity index (χ0n) is 60.7. The number of nitrogens with zero attached hydrogens (tertiary/aromatic N) is 8. The second kappa shape index (κ2) is 24.4. The van der Waals surface area contributed by atoms with Crippen molar-refractivity contribution in [3.8, 4) is 0 Å². The summed E-state index contributed by atoms with van der Waals surface area (Å²) in [7, 11) is 0. The standard InChI is InChI=1S/2C18H13N.3C17H12N2.2H2/c2*1-12-8-9-14-13-5-2-3-6-15(13)18-16(17(14)11-12)7-4-10-19-18;1-11-2-3-12-13-4-6-18-9-16(13)14-5-7-19-10-17(14)15(12)8-11;1-11-2-3-12-13-4-6-18-9-16(13)17-10-19-7-5-14(17)15(12)8-11;1-11-4-5-12-13-3-2-7-19-17(13)14-6-8-18-10-16(14)15(12)9-11;;/h2*2-11H,1H3;3*2-10H,1H3;2*1H/i5*1D;2*1+1D. The zero-order chi connectivity index (χ0) is 71.6. The Labute approximate surface area is 561 Å². The molecule has 8 aromatic heterocycles. The van der Waals surface area contributed by atoms with Gasteiger partial charge >= 0.3 is 0 Å². The molecule has 20 aromatic rings. The summed E-state index contributed by atoms with van der Waals surface area (Å²) in [6, 6.07) is 70.5. The molecule has 0 amide bonds. The Morgan fingerprint density at radius 1 is 0.200 bits per heavy atom. The van der Waals surface area contributed by atoms with Crippen LogP contribution in [0.4, 0.5) is 0 Å². The molecule has 0 fully saturated rings. The Kier molecular flexibility index (Phi) is 12.9. The fourth-order valence-corrected chi connectivity index (χ4v) is 13.8. The molecule has 0 saturated carbocycles. The molecule has 95 heavy (non-hydrogen) atoms.